The summed E-state index contributed by atoms with van der Waals surface area (Å²) >= 11 is 0. The van der Waals surface area contributed by atoms with Crippen molar-refractivity contribution in [3.05, 3.63) is 53.1 Å². The molecule has 2 aromatic carbocycles. The molecule has 6 nitrogen and oxygen atoms in total. The van der Waals surface area contributed by atoms with Crippen LogP contribution in [0.1, 0.15) is 55.7 Å². The first-order valence-electron chi connectivity index (χ1n) is 10.8. The number of amides is 1. The Labute approximate surface area is 185 Å². The quantitative estimate of drug-likeness (QED) is 0.652. The normalized spacial score (nSPS) is 15.9. The van der Waals surface area contributed by atoms with Crippen molar-refractivity contribution in [1.29, 1.82) is 0 Å². The van der Waals surface area contributed by atoms with Gasteiger partial charge in [-0.1, -0.05) is 37.0 Å². The fourth-order valence-corrected chi connectivity index (χ4v) is 5.26. The summed E-state index contributed by atoms with van der Waals surface area (Å²) in [6.45, 7) is 7.45. The molecule has 0 unspecified atom stereocenters. The third kappa shape index (κ3) is 6.00. The van der Waals surface area contributed by atoms with Crippen LogP contribution < -0.4 is 14.8 Å². The highest BCUT2D eigenvalue weighted by molar-refractivity contribution is 7.92. The summed E-state index contributed by atoms with van der Waals surface area (Å²) in [5.74, 6) is 0.309. The van der Waals surface area contributed by atoms with Gasteiger partial charge in [-0.15, -0.1) is 0 Å². The van der Waals surface area contributed by atoms with Crippen molar-refractivity contribution in [1.82, 2.24) is 5.32 Å². The van der Waals surface area contributed by atoms with Crippen LogP contribution in [0.5, 0.6) is 5.75 Å². The molecule has 0 aliphatic heterocycles. The maximum Gasteiger partial charge on any atom is 0.261 e. The van der Waals surface area contributed by atoms with Gasteiger partial charge in [-0.2, -0.15) is 0 Å². The van der Waals surface area contributed by atoms with Crippen LogP contribution in [-0.4, -0.2) is 26.5 Å². The predicted octanol–water partition coefficient (Wildman–Crippen LogP) is 4.63. The maximum atomic E-state index is 12.8. The number of anilines is 1. The monoisotopic (exact) mass is 444 g/mol. The van der Waals surface area contributed by atoms with Crippen LogP contribution >= 0.6 is 0 Å². The smallest absolute Gasteiger partial charge is 0.261 e. The number of carbonyl (C=O) groups is 1. The zero-order chi connectivity index (χ0) is 22.6. The number of rotatable bonds is 7. The highest BCUT2D eigenvalue weighted by atomic mass is 32.2. The van der Waals surface area contributed by atoms with E-state index in [9.17, 15) is 13.2 Å². The number of carbonyl (C=O) groups excluding carboxylic acids is 1. The number of aryl methyl sites for hydroxylation is 3. The van der Waals surface area contributed by atoms with Crippen molar-refractivity contribution in [3.8, 4) is 5.75 Å². The highest BCUT2D eigenvalue weighted by Crippen LogP contribution is 2.26. The molecule has 7 heteroatoms. The van der Waals surface area contributed by atoms with E-state index in [0.29, 0.717) is 11.4 Å². The molecule has 1 atom stereocenters. The van der Waals surface area contributed by atoms with Gasteiger partial charge in [0.1, 0.15) is 5.75 Å². The number of benzene rings is 2. The van der Waals surface area contributed by atoms with E-state index >= 15 is 0 Å². The minimum atomic E-state index is -3.74. The lowest BCUT2D eigenvalue weighted by Crippen LogP contribution is -2.43. The zero-order valence-corrected chi connectivity index (χ0v) is 19.5. The molecule has 1 saturated carbocycles. The average molecular weight is 445 g/mol. The third-order valence-corrected chi connectivity index (χ3v) is 7.05. The van der Waals surface area contributed by atoms with Gasteiger partial charge < -0.3 is 10.1 Å². The lowest BCUT2D eigenvalue weighted by atomic mass is 9.95. The van der Waals surface area contributed by atoms with E-state index in [1.54, 1.807) is 19.1 Å². The summed E-state index contributed by atoms with van der Waals surface area (Å²) in [5, 5.41) is 3.05. The molecule has 31 heavy (non-hydrogen) atoms. The second kappa shape index (κ2) is 9.73. The Morgan fingerprint density at radius 1 is 1.00 bits per heavy atom. The molecular weight excluding hydrogens is 412 g/mol. The van der Waals surface area contributed by atoms with Crippen molar-refractivity contribution in [3.63, 3.8) is 0 Å². The third-order valence-electron chi connectivity index (χ3n) is 5.68. The van der Waals surface area contributed by atoms with Gasteiger partial charge in [0.2, 0.25) is 0 Å². The molecule has 0 spiro atoms. The number of hydrogen-bond donors (Lipinski definition) is 2. The van der Waals surface area contributed by atoms with E-state index in [-0.39, 0.29) is 16.8 Å². The maximum absolute atomic E-state index is 12.8. The Hall–Kier alpha value is -2.54. The van der Waals surface area contributed by atoms with Crippen molar-refractivity contribution in [2.75, 3.05) is 4.72 Å². The van der Waals surface area contributed by atoms with Crippen LogP contribution in [0.15, 0.2) is 41.3 Å². The molecule has 0 radical (unpaired) electrons. The van der Waals surface area contributed by atoms with Crippen LogP contribution in [0.2, 0.25) is 0 Å². The van der Waals surface area contributed by atoms with Gasteiger partial charge in [-0.3, -0.25) is 9.52 Å². The molecule has 2 aromatic rings. The first kappa shape index (κ1) is 23.1. The molecule has 0 aromatic heterocycles. The average Bonchev–Trinajstić information content (AvgIpc) is 2.72. The minimum absolute atomic E-state index is 0.138. The zero-order valence-electron chi connectivity index (χ0n) is 18.7. The van der Waals surface area contributed by atoms with E-state index in [1.165, 1.54) is 18.6 Å². The number of ether oxygens (including phenoxy) is 1. The standard InChI is InChI=1S/C24H32N2O4S/c1-16-14-17(2)23(18(3)15-16)26-31(28,29)22-12-10-21(11-13-22)30-19(4)24(27)25-20-8-6-5-7-9-20/h10-15,19-20,26H,5-9H2,1-4H3,(H,25,27)/t19-/m0/s1. The molecule has 1 aliphatic rings. The van der Waals surface area contributed by atoms with E-state index in [2.05, 4.69) is 10.0 Å². The largest absolute Gasteiger partial charge is 0.481 e. The highest BCUT2D eigenvalue weighted by Gasteiger charge is 2.21. The van der Waals surface area contributed by atoms with Crippen LogP contribution in [0.4, 0.5) is 5.69 Å². The summed E-state index contributed by atoms with van der Waals surface area (Å²) in [5.41, 5.74) is 3.43. The first-order valence-corrected chi connectivity index (χ1v) is 12.3. The Bertz CT molecular complexity index is 1000. The second-order valence-electron chi connectivity index (χ2n) is 8.45. The topological polar surface area (TPSA) is 84.5 Å². The van der Waals surface area contributed by atoms with Crippen molar-refractivity contribution in [2.45, 2.75) is 76.8 Å². The van der Waals surface area contributed by atoms with Gasteiger partial charge in [0, 0.05) is 6.04 Å². The molecule has 1 fully saturated rings. The summed E-state index contributed by atoms with van der Waals surface area (Å²) in [6, 6.07) is 10.2. The Kier molecular flexibility index (Phi) is 7.26. The second-order valence-corrected chi connectivity index (χ2v) is 10.1. The van der Waals surface area contributed by atoms with E-state index in [1.807, 2.05) is 32.9 Å². The Morgan fingerprint density at radius 2 is 1.58 bits per heavy atom. The molecule has 168 valence electrons. The summed E-state index contributed by atoms with van der Waals surface area (Å²) in [6.07, 6.45) is 4.89. The lowest BCUT2D eigenvalue weighted by Gasteiger charge is -2.24. The summed E-state index contributed by atoms with van der Waals surface area (Å²) in [4.78, 5) is 12.5. The van der Waals surface area contributed by atoms with Gasteiger partial charge in [-0.25, -0.2) is 8.42 Å². The van der Waals surface area contributed by atoms with Gasteiger partial charge in [0.25, 0.3) is 15.9 Å². The number of hydrogen-bond acceptors (Lipinski definition) is 4. The van der Waals surface area contributed by atoms with Crippen LogP contribution in [-0.2, 0) is 14.8 Å². The van der Waals surface area contributed by atoms with Crippen LogP contribution in [0.25, 0.3) is 0 Å². The molecule has 2 N–H and O–H groups in total. The van der Waals surface area contributed by atoms with Crippen LogP contribution in [0, 0.1) is 20.8 Å². The Morgan fingerprint density at radius 3 is 2.16 bits per heavy atom. The Balaban J connectivity index is 1.64. The van der Waals surface area contributed by atoms with Crippen molar-refractivity contribution < 1.29 is 17.9 Å². The molecule has 3 rings (SSSR count). The molecular formula is C24H32N2O4S. The lowest BCUT2D eigenvalue weighted by molar-refractivity contribution is -0.128. The molecule has 1 amide bonds. The molecule has 0 saturated heterocycles. The first-order chi connectivity index (χ1) is 14.7. The van der Waals surface area contributed by atoms with E-state index < -0.39 is 16.1 Å². The number of sulfonamides is 1. The molecule has 0 bridgehead atoms. The fourth-order valence-electron chi connectivity index (χ4n) is 4.05. The van der Waals surface area contributed by atoms with Crippen LogP contribution in [0.3, 0.4) is 0 Å². The summed E-state index contributed by atoms with van der Waals surface area (Å²) < 4.78 is 34.1. The molecule has 1 aliphatic carbocycles. The van der Waals surface area contributed by atoms with E-state index in [4.69, 9.17) is 4.74 Å². The SMILES string of the molecule is Cc1cc(C)c(NS(=O)(=O)c2ccc(O[C@@H](C)C(=O)NC3CCCCC3)cc2)c(C)c1. The van der Waals surface area contributed by atoms with Crippen molar-refractivity contribution in [2.24, 2.45) is 0 Å². The van der Waals surface area contributed by atoms with Crippen molar-refractivity contribution >= 4 is 21.6 Å². The van der Waals surface area contributed by atoms with E-state index in [0.717, 1.165) is 42.4 Å². The predicted molar refractivity (Wildman–Crippen MR) is 123 cm³/mol. The van der Waals surface area contributed by atoms with Gasteiger partial charge in [0.05, 0.1) is 10.6 Å². The summed E-state index contributed by atoms with van der Waals surface area (Å²) in [7, 11) is -3.74. The van der Waals surface area contributed by atoms with Gasteiger partial charge >= 0.3 is 0 Å². The fraction of sp³-hybridized carbons (Fsp3) is 0.458. The van der Waals surface area contributed by atoms with Gasteiger partial charge in [0.15, 0.2) is 6.10 Å². The molecule has 0 heterocycles. The number of nitrogens with one attached hydrogen (secondary N) is 2. The minimum Gasteiger partial charge on any atom is -0.481 e. The van der Waals surface area contributed by atoms with Gasteiger partial charge in [-0.05, 0) is 75.9 Å².